The summed E-state index contributed by atoms with van der Waals surface area (Å²) < 4.78 is 0. The first-order chi connectivity index (χ1) is 13.9. The topological polar surface area (TPSA) is 86.4 Å². The van der Waals surface area contributed by atoms with E-state index in [2.05, 4.69) is 9.97 Å². The summed E-state index contributed by atoms with van der Waals surface area (Å²) in [5.74, 6) is 0.0778. The van der Waals surface area contributed by atoms with Crippen molar-refractivity contribution in [3.63, 3.8) is 0 Å². The fourth-order valence-electron chi connectivity index (χ4n) is 3.52. The molecule has 1 aliphatic heterocycles. The van der Waals surface area contributed by atoms with Crippen LogP contribution in [0, 0.1) is 0 Å². The van der Waals surface area contributed by atoms with Crippen LogP contribution in [-0.4, -0.2) is 40.3 Å². The third-order valence-electron chi connectivity index (χ3n) is 4.95. The maximum absolute atomic E-state index is 13.1. The summed E-state index contributed by atoms with van der Waals surface area (Å²) in [5, 5.41) is 0.956. The normalized spacial score (nSPS) is 13.9. The Balaban J connectivity index is 1.63. The van der Waals surface area contributed by atoms with Gasteiger partial charge in [0.25, 0.3) is 11.5 Å². The zero-order valence-corrected chi connectivity index (χ0v) is 16.6. The Bertz CT molecular complexity index is 1170. The van der Waals surface area contributed by atoms with Crippen LogP contribution < -0.4 is 10.5 Å². The number of aromatic nitrogens is 2. The van der Waals surface area contributed by atoms with Crippen molar-refractivity contribution in [1.29, 1.82) is 0 Å². The van der Waals surface area contributed by atoms with Gasteiger partial charge in [-0.2, -0.15) is 0 Å². The van der Waals surface area contributed by atoms with E-state index in [0.717, 1.165) is 6.42 Å². The number of hydrogen-bond donors (Lipinski definition) is 1. The van der Waals surface area contributed by atoms with Crippen molar-refractivity contribution in [3.8, 4) is 0 Å². The molecule has 1 N–H and O–H groups in total. The van der Waals surface area contributed by atoms with E-state index in [9.17, 15) is 14.4 Å². The van der Waals surface area contributed by atoms with Crippen LogP contribution in [0.15, 0.2) is 47.3 Å². The van der Waals surface area contributed by atoms with Crippen LogP contribution in [-0.2, 0) is 11.3 Å². The van der Waals surface area contributed by atoms with Crippen LogP contribution >= 0.6 is 11.6 Å². The van der Waals surface area contributed by atoms with Gasteiger partial charge in [-0.25, -0.2) is 4.98 Å². The Morgan fingerprint density at radius 1 is 1.24 bits per heavy atom. The number of rotatable bonds is 4. The highest BCUT2D eigenvalue weighted by molar-refractivity contribution is 6.31. The second-order valence-corrected chi connectivity index (χ2v) is 7.44. The molecule has 1 aliphatic rings. The van der Waals surface area contributed by atoms with Gasteiger partial charge in [0.2, 0.25) is 5.91 Å². The number of H-pyrrole nitrogens is 1. The number of nitrogens with zero attached hydrogens (tertiary/aromatic N) is 3. The van der Waals surface area contributed by atoms with Crippen LogP contribution in [0.3, 0.4) is 0 Å². The average molecular weight is 411 g/mol. The quantitative estimate of drug-likeness (QED) is 0.716. The second kappa shape index (κ2) is 7.67. The first-order valence-electron chi connectivity index (χ1n) is 9.27. The number of anilines is 1. The van der Waals surface area contributed by atoms with E-state index in [4.69, 9.17) is 11.6 Å². The number of carbonyl (C=O) groups excluding carboxylic acids is 2. The third-order valence-corrected chi connectivity index (χ3v) is 5.19. The van der Waals surface area contributed by atoms with Gasteiger partial charge in [0, 0.05) is 25.0 Å². The first-order valence-corrected chi connectivity index (χ1v) is 9.65. The lowest BCUT2D eigenvalue weighted by molar-refractivity contribution is -0.117. The lowest BCUT2D eigenvalue weighted by Gasteiger charge is -2.23. The molecule has 2 heterocycles. The number of halogens is 1. The van der Waals surface area contributed by atoms with E-state index in [-0.39, 0.29) is 23.9 Å². The minimum absolute atomic E-state index is 0.0236. The first kappa shape index (κ1) is 19.1. The number of fused-ring (bicyclic) bond motifs is 1. The van der Waals surface area contributed by atoms with Crippen LogP contribution in [0.4, 0.5) is 5.69 Å². The molecule has 0 atom stereocenters. The van der Waals surface area contributed by atoms with Crippen LogP contribution in [0.1, 0.15) is 29.0 Å². The van der Waals surface area contributed by atoms with Crippen molar-refractivity contribution in [2.75, 3.05) is 18.5 Å². The lowest BCUT2D eigenvalue weighted by atomic mass is 10.1. The number of para-hydroxylation sites is 1. The molecule has 0 bridgehead atoms. The number of nitrogens with one attached hydrogen (secondary N) is 1. The molecule has 3 aromatic rings. The Hall–Kier alpha value is -3.19. The summed E-state index contributed by atoms with van der Waals surface area (Å²) in [6, 6.07) is 11.9. The van der Waals surface area contributed by atoms with Crippen LogP contribution in [0.2, 0.25) is 5.02 Å². The number of aromatic amines is 1. The van der Waals surface area contributed by atoms with Gasteiger partial charge in [-0.1, -0.05) is 23.7 Å². The largest absolute Gasteiger partial charge is 0.334 e. The summed E-state index contributed by atoms with van der Waals surface area (Å²) in [7, 11) is 1.63. The van der Waals surface area contributed by atoms with Crippen molar-refractivity contribution < 1.29 is 9.59 Å². The standard InChI is InChI=1S/C21H19ClN4O3/c1-25(12-18-23-16-6-3-2-5-14(16)20(28)24-18)21(29)15-9-8-13(22)11-17(15)26-10-4-7-19(26)27/h2-3,5-6,8-9,11H,4,7,10,12H2,1H3,(H,23,24,28). The molecule has 0 aliphatic carbocycles. The number of hydrogen-bond acceptors (Lipinski definition) is 4. The zero-order valence-electron chi connectivity index (χ0n) is 15.8. The summed E-state index contributed by atoms with van der Waals surface area (Å²) >= 11 is 6.12. The predicted octanol–water partition coefficient (Wildman–Crippen LogP) is 2.98. The molecule has 0 saturated carbocycles. The van der Waals surface area contributed by atoms with Crippen molar-refractivity contribution in [3.05, 3.63) is 69.2 Å². The van der Waals surface area contributed by atoms with E-state index in [0.29, 0.717) is 46.0 Å². The van der Waals surface area contributed by atoms with Crippen molar-refractivity contribution in [2.45, 2.75) is 19.4 Å². The minimum Gasteiger partial charge on any atom is -0.334 e. The minimum atomic E-state index is -0.285. The summed E-state index contributed by atoms with van der Waals surface area (Å²) in [4.78, 5) is 47.8. The predicted molar refractivity (Wildman–Crippen MR) is 111 cm³/mol. The molecule has 8 heteroatoms. The SMILES string of the molecule is CN(Cc1nc2ccccc2c(=O)[nH]1)C(=O)c1ccc(Cl)cc1N1CCCC1=O. The molecule has 2 amide bonds. The Morgan fingerprint density at radius 3 is 2.79 bits per heavy atom. The fourth-order valence-corrected chi connectivity index (χ4v) is 3.69. The highest BCUT2D eigenvalue weighted by Crippen LogP contribution is 2.29. The van der Waals surface area contributed by atoms with Crippen molar-refractivity contribution in [2.24, 2.45) is 0 Å². The molecule has 4 rings (SSSR count). The lowest BCUT2D eigenvalue weighted by Crippen LogP contribution is -2.31. The molecule has 1 fully saturated rings. The second-order valence-electron chi connectivity index (χ2n) is 7.00. The van der Waals surface area contributed by atoms with E-state index in [1.54, 1.807) is 54.4 Å². The van der Waals surface area contributed by atoms with E-state index >= 15 is 0 Å². The average Bonchev–Trinajstić information content (AvgIpc) is 3.13. The summed E-state index contributed by atoms with van der Waals surface area (Å²) in [5.41, 5.74) is 1.22. The summed E-state index contributed by atoms with van der Waals surface area (Å²) in [6.45, 7) is 0.678. The van der Waals surface area contributed by atoms with Crippen LogP contribution in [0.25, 0.3) is 10.9 Å². The van der Waals surface area contributed by atoms with Crippen molar-refractivity contribution >= 4 is 40.0 Å². The number of benzene rings is 2. The van der Waals surface area contributed by atoms with Crippen molar-refractivity contribution in [1.82, 2.24) is 14.9 Å². The van der Waals surface area contributed by atoms with E-state index in [1.165, 1.54) is 4.90 Å². The monoisotopic (exact) mass is 410 g/mol. The van der Waals surface area contributed by atoms with E-state index in [1.807, 2.05) is 0 Å². The van der Waals surface area contributed by atoms with E-state index < -0.39 is 0 Å². The van der Waals surface area contributed by atoms with Gasteiger partial charge in [-0.05, 0) is 36.8 Å². The van der Waals surface area contributed by atoms with Gasteiger partial charge in [0.05, 0.1) is 28.7 Å². The smallest absolute Gasteiger partial charge is 0.258 e. The highest BCUT2D eigenvalue weighted by atomic mass is 35.5. The molecule has 2 aromatic carbocycles. The highest BCUT2D eigenvalue weighted by Gasteiger charge is 2.27. The van der Waals surface area contributed by atoms with Crippen LogP contribution in [0.5, 0.6) is 0 Å². The Kier molecular flexibility index (Phi) is 5.07. The molecule has 1 saturated heterocycles. The van der Waals surface area contributed by atoms with Gasteiger partial charge >= 0.3 is 0 Å². The fraction of sp³-hybridized carbons (Fsp3) is 0.238. The molecule has 7 nitrogen and oxygen atoms in total. The molecule has 148 valence electrons. The molecule has 0 unspecified atom stereocenters. The molecule has 29 heavy (non-hydrogen) atoms. The van der Waals surface area contributed by atoms with Gasteiger partial charge in [-0.3, -0.25) is 14.4 Å². The Labute approximate surface area is 171 Å². The zero-order chi connectivity index (χ0) is 20.5. The van der Waals surface area contributed by atoms with Gasteiger partial charge < -0.3 is 14.8 Å². The maximum Gasteiger partial charge on any atom is 0.258 e. The molecule has 1 aromatic heterocycles. The molecule has 0 radical (unpaired) electrons. The Morgan fingerprint density at radius 2 is 2.03 bits per heavy atom. The summed E-state index contributed by atoms with van der Waals surface area (Å²) in [6.07, 6.45) is 1.20. The molecule has 0 spiro atoms. The van der Waals surface area contributed by atoms with Gasteiger partial charge in [0.1, 0.15) is 5.82 Å². The number of amides is 2. The number of carbonyl (C=O) groups is 2. The molecular formula is C21H19ClN4O3. The third kappa shape index (κ3) is 3.73. The van der Waals surface area contributed by atoms with Gasteiger partial charge in [0.15, 0.2) is 0 Å². The molecular weight excluding hydrogens is 392 g/mol. The maximum atomic E-state index is 13.1. The van der Waals surface area contributed by atoms with Gasteiger partial charge in [-0.15, -0.1) is 0 Å².